The summed E-state index contributed by atoms with van der Waals surface area (Å²) in [7, 11) is 0.305. The van der Waals surface area contributed by atoms with Gasteiger partial charge in [-0.1, -0.05) is 36.4 Å². The van der Waals surface area contributed by atoms with Gasteiger partial charge in [-0.3, -0.25) is 0 Å². The number of fused-ring (bicyclic) bond motifs is 2. The molecular formula is C32H43N7O2S. The van der Waals surface area contributed by atoms with Gasteiger partial charge in [-0.25, -0.2) is 18.1 Å². The Labute approximate surface area is 249 Å². The van der Waals surface area contributed by atoms with Crippen molar-refractivity contribution in [2.45, 2.75) is 43.4 Å². The largest absolute Gasteiger partial charge is 0.377 e. The molecule has 0 saturated heterocycles. The van der Waals surface area contributed by atoms with Gasteiger partial charge in [0.15, 0.2) is 0 Å². The van der Waals surface area contributed by atoms with E-state index in [1.165, 1.54) is 0 Å². The number of rotatable bonds is 13. The minimum atomic E-state index is -3.63. The van der Waals surface area contributed by atoms with E-state index in [2.05, 4.69) is 15.4 Å². The van der Waals surface area contributed by atoms with Crippen LogP contribution in [0.3, 0.4) is 0 Å². The average Bonchev–Trinajstić information content (AvgIpc) is 3.01. The van der Waals surface area contributed by atoms with Crippen LogP contribution in [-0.2, 0) is 10.0 Å². The lowest BCUT2D eigenvalue weighted by atomic mass is 9.82. The van der Waals surface area contributed by atoms with Gasteiger partial charge in [0, 0.05) is 55.6 Å². The van der Waals surface area contributed by atoms with Crippen LogP contribution >= 0.6 is 0 Å². The summed E-state index contributed by atoms with van der Waals surface area (Å²) < 4.78 is 29.6. The van der Waals surface area contributed by atoms with Crippen LogP contribution in [0, 0.1) is 11.8 Å². The van der Waals surface area contributed by atoms with Gasteiger partial charge in [-0.15, -0.1) is 0 Å². The molecule has 10 heteroatoms. The molecule has 3 aromatic carbocycles. The van der Waals surface area contributed by atoms with Crippen molar-refractivity contribution in [2.24, 2.45) is 17.6 Å². The van der Waals surface area contributed by atoms with Crippen molar-refractivity contribution in [3.05, 3.63) is 60.7 Å². The molecule has 0 atom stereocenters. The lowest BCUT2D eigenvalue weighted by molar-refractivity contribution is 0.284. The number of para-hydroxylation sites is 1. The van der Waals surface area contributed by atoms with Crippen LogP contribution in [0.2, 0.25) is 0 Å². The summed E-state index contributed by atoms with van der Waals surface area (Å²) in [4.78, 5) is 11.9. The van der Waals surface area contributed by atoms with Crippen molar-refractivity contribution in [2.75, 3.05) is 55.8 Å². The normalized spacial score (nSPS) is 17.4. The number of nitrogens with two attached hydrogens (primary N) is 1. The first kappa shape index (κ1) is 30.0. The molecule has 1 heterocycles. The summed E-state index contributed by atoms with van der Waals surface area (Å²) in [5.41, 5.74) is 7.55. The zero-order chi connectivity index (χ0) is 29.5. The van der Waals surface area contributed by atoms with Crippen LogP contribution in [0.25, 0.3) is 21.7 Å². The van der Waals surface area contributed by atoms with Crippen molar-refractivity contribution < 1.29 is 8.42 Å². The predicted octanol–water partition coefficient (Wildman–Crippen LogP) is 5.20. The van der Waals surface area contributed by atoms with E-state index in [9.17, 15) is 8.42 Å². The van der Waals surface area contributed by atoms with Gasteiger partial charge in [-0.05, 0) is 81.2 Å². The highest BCUT2D eigenvalue weighted by atomic mass is 32.2. The molecule has 0 amide bonds. The molecule has 0 unspecified atom stereocenters. The summed E-state index contributed by atoms with van der Waals surface area (Å²) in [6.07, 6.45) is 6.03. The summed E-state index contributed by atoms with van der Waals surface area (Å²) in [6, 6.07) is 19.4. The van der Waals surface area contributed by atoms with E-state index in [1.54, 1.807) is 6.07 Å². The third-order valence-electron chi connectivity index (χ3n) is 8.23. The smallest absolute Gasteiger partial charge is 0.241 e. The molecule has 0 aliphatic heterocycles. The fourth-order valence-electron chi connectivity index (χ4n) is 5.84. The molecule has 42 heavy (non-hydrogen) atoms. The maximum atomic E-state index is 13.4. The Balaban J connectivity index is 1.15. The van der Waals surface area contributed by atoms with Crippen molar-refractivity contribution in [1.29, 1.82) is 0 Å². The zero-order valence-corrected chi connectivity index (χ0v) is 25.5. The van der Waals surface area contributed by atoms with Crippen LogP contribution in [0.15, 0.2) is 65.6 Å². The van der Waals surface area contributed by atoms with Gasteiger partial charge < -0.3 is 21.3 Å². The van der Waals surface area contributed by atoms with Gasteiger partial charge in [-0.2, -0.15) is 4.98 Å². The van der Waals surface area contributed by atoms with E-state index in [4.69, 9.17) is 15.7 Å². The number of nitrogens with one attached hydrogen (secondary N) is 3. The van der Waals surface area contributed by atoms with E-state index < -0.39 is 10.0 Å². The van der Waals surface area contributed by atoms with Gasteiger partial charge in [0.05, 0.1) is 10.4 Å². The van der Waals surface area contributed by atoms with Crippen LogP contribution in [-0.4, -0.2) is 58.7 Å². The highest BCUT2D eigenvalue weighted by Gasteiger charge is 2.25. The van der Waals surface area contributed by atoms with E-state index >= 15 is 0 Å². The minimum Gasteiger partial charge on any atom is -0.377 e. The number of aromatic nitrogens is 2. The molecule has 0 radical (unpaired) electrons. The molecule has 0 bridgehead atoms. The van der Waals surface area contributed by atoms with E-state index in [1.807, 2.05) is 73.6 Å². The second-order valence-electron chi connectivity index (χ2n) is 11.5. The van der Waals surface area contributed by atoms with Crippen molar-refractivity contribution in [3.8, 4) is 0 Å². The second-order valence-corrected chi connectivity index (χ2v) is 13.2. The molecule has 1 aliphatic rings. The minimum absolute atomic E-state index is 0.324. The Morgan fingerprint density at radius 3 is 2.26 bits per heavy atom. The fraction of sp³-hybridized carbons (Fsp3) is 0.438. The molecule has 5 N–H and O–H groups in total. The van der Waals surface area contributed by atoms with Crippen LogP contribution in [0.1, 0.15) is 38.5 Å². The first-order valence-corrected chi connectivity index (χ1v) is 16.5. The van der Waals surface area contributed by atoms with Crippen molar-refractivity contribution >= 4 is 49.2 Å². The highest BCUT2D eigenvalue weighted by Crippen LogP contribution is 2.32. The molecule has 1 fully saturated rings. The van der Waals surface area contributed by atoms with Crippen LogP contribution < -0.4 is 26.0 Å². The maximum Gasteiger partial charge on any atom is 0.241 e. The fourth-order valence-corrected chi connectivity index (χ4v) is 7.17. The first-order valence-electron chi connectivity index (χ1n) is 15.0. The monoisotopic (exact) mass is 589 g/mol. The van der Waals surface area contributed by atoms with Crippen molar-refractivity contribution in [3.63, 3.8) is 0 Å². The van der Waals surface area contributed by atoms with Gasteiger partial charge in [0.2, 0.25) is 16.0 Å². The predicted molar refractivity (Wildman–Crippen MR) is 174 cm³/mol. The molecule has 1 aliphatic carbocycles. The van der Waals surface area contributed by atoms with Gasteiger partial charge in [0.1, 0.15) is 5.82 Å². The molecule has 1 aromatic heterocycles. The van der Waals surface area contributed by atoms with Crippen LogP contribution in [0.5, 0.6) is 0 Å². The Bertz CT molecular complexity index is 1600. The Kier molecular flexibility index (Phi) is 9.76. The maximum absolute atomic E-state index is 13.4. The molecule has 9 nitrogen and oxygen atoms in total. The zero-order valence-electron chi connectivity index (χ0n) is 24.6. The lowest BCUT2D eigenvalue weighted by Gasteiger charge is -2.29. The summed E-state index contributed by atoms with van der Waals surface area (Å²) >= 11 is 0. The number of anilines is 3. The van der Waals surface area contributed by atoms with E-state index in [0.29, 0.717) is 35.8 Å². The third kappa shape index (κ3) is 7.11. The lowest BCUT2D eigenvalue weighted by Crippen LogP contribution is -2.32. The number of hydrogen-bond acceptors (Lipinski definition) is 8. The molecule has 1 saturated carbocycles. The van der Waals surface area contributed by atoms with Crippen LogP contribution in [0.4, 0.5) is 17.5 Å². The number of unbranched alkanes of at least 4 members (excludes halogenated alkanes) is 1. The molecule has 5 rings (SSSR count). The highest BCUT2D eigenvalue weighted by molar-refractivity contribution is 7.89. The SMILES string of the molecule is CN(C)c1cccc2c(S(=O)(=O)NCC3CCC(CNc4nc(NCCCCN)c5ccccc5n4)CC3)cccc12. The quantitative estimate of drug-likeness (QED) is 0.157. The molecule has 0 spiro atoms. The van der Waals surface area contributed by atoms with E-state index in [-0.39, 0.29) is 0 Å². The Morgan fingerprint density at radius 1 is 0.810 bits per heavy atom. The standard InChI is InChI=1S/C32H43N7O2S/c1-39(2)29-13-7-11-26-25(29)10-8-14-30(26)42(40,41)36-22-24-17-15-23(16-18-24)21-35-32-37-28-12-4-3-9-27(28)31(38-32)34-20-6-5-19-33/h3-4,7-14,23-24,36H,5-6,15-22,33H2,1-2H3,(H2,34,35,37,38). The third-order valence-corrected chi connectivity index (χ3v) is 9.72. The van der Waals surface area contributed by atoms with Gasteiger partial charge in [0.25, 0.3) is 0 Å². The average molecular weight is 590 g/mol. The van der Waals surface area contributed by atoms with E-state index in [0.717, 1.165) is 84.8 Å². The number of hydrogen-bond donors (Lipinski definition) is 4. The second kappa shape index (κ2) is 13.7. The summed E-state index contributed by atoms with van der Waals surface area (Å²) in [5.74, 6) is 2.30. The molecule has 224 valence electrons. The Morgan fingerprint density at radius 2 is 1.50 bits per heavy atom. The summed E-state index contributed by atoms with van der Waals surface area (Å²) in [6.45, 7) is 2.77. The Hall–Kier alpha value is -3.47. The number of benzene rings is 3. The molecular weight excluding hydrogens is 546 g/mol. The topological polar surface area (TPSA) is 125 Å². The number of nitrogens with zero attached hydrogens (tertiary/aromatic N) is 3. The van der Waals surface area contributed by atoms with Gasteiger partial charge >= 0.3 is 0 Å². The number of sulfonamides is 1. The summed E-state index contributed by atoms with van der Waals surface area (Å²) in [5, 5.41) is 9.62. The first-order chi connectivity index (χ1) is 20.4. The van der Waals surface area contributed by atoms with Crippen molar-refractivity contribution in [1.82, 2.24) is 14.7 Å². The molecule has 4 aromatic rings.